The summed E-state index contributed by atoms with van der Waals surface area (Å²) < 4.78 is 0. The molecule has 0 heterocycles. The standard InChI is InChI=1S/C10H15NO/c1-3-10(12)11(2)9-7-5-4-6-8-9/h3,7H,1,4-6,8H2,2H3. The Morgan fingerprint density at radius 1 is 1.67 bits per heavy atom. The summed E-state index contributed by atoms with van der Waals surface area (Å²) in [6, 6.07) is 0. The van der Waals surface area contributed by atoms with Crippen molar-refractivity contribution in [2.75, 3.05) is 7.05 Å². The Hall–Kier alpha value is -1.05. The van der Waals surface area contributed by atoms with Gasteiger partial charge in [-0.1, -0.05) is 12.7 Å². The zero-order valence-electron chi connectivity index (χ0n) is 7.55. The second-order valence-electron chi connectivity index (χ2n) is 3.04. The van der Waals surface area contributed by atoms with Crippen LogP contribution in [0, 0.1) is 0 Å². The predicted octanol–water partition coefficient (Wildman–Crippen LogP) is 2.09. The van der Waals surface area contributed by atoms with Crippen LogP contribution in [-0.4, -0.2) is 17.9 Å². The highest BCUT2D eigenvalue weighted by Gasteiger charge is 2.11. The molecule has 0 saturated heterocycles. The van der Waals surface area contributed by atoms with Crippen LogP contribution in [0.25, 0.3) is 0 Å². The van der Waals surface area contributed by atoms with Crippen molar-refractivity contribution in [3.8, 4) is 0 Å². The molecule has 12 heavy (non-hydrogen) atoms. The second kappa shape index (κ2) is 4.10. The lowest BCUT2D eigenvalue weighted by Gasteiger charge is -2.22. The van der Waals surface area contributed by atoms with E-state index in [0.29, 0.717) is 0 Å². The monoisotopic (exact) mass is 165 g/mol. The van der Waals surface area contributed by atoms with Crippen molar-refractivity contribution < 1.29 is 4.79 Å². The summed E-state index contributed by atoms with van der Waals surface area (Å²) in [5.41, 5.74) is 1.14. The number of allylic oxidation sites excluding steroid dienone is 2. The number of likely N-dealkylation sites (N-methyl/N-ethyl adjacent to an activating group) is 1. The smallest absolute Gasteiger partial charge is 0.249 e. The van der Waals surface area contributed by atoms with Gasteiger partial charge in [-0.05, 0) is 31.8 Å². The fourth-order valence-electron chi connectivity index (χ4n) is 1.40. The van der Waals surface area contributed by atoms with Gasteiger partial charge in [0.1, 0.15) is 0 Å². The minimum Gasteiger partial charge on any atom is -0.316 e. The van der Waals surface area contributed by atoms with Crippen molar-refractivity contribution in [3.63, 3.8) is 0 Å². The maximum Gasteiger partial charge on any atom is 0.249 e. The first-order valence-corrected chi connectivity index (χ1v) is 4.35. The lowest BCUT2D eigenvalue weighted by atomic mass is 10.0. The molecule has 0 radical (unpaired) electrons. The molecule has 66 valence electrons. The van der Waals surface area contributed by atoms with Crippen molar-refractivity contribution in [2.24, 2.45) is 0 Å². The van der Waals surface area contributed by atoms with Crippen LogP contribution in [0.15, 0.2) is 24.4 Å². The number of nitrogens with zero attached hydrogens (tertiary/aromatic N) is 1. The van der Waals surface area contributed by atoms with E-state index in [1.807, 2.05) is 0 Å². The molecule has 0 spiro atoms. The lowest BCUT2D eigenvalue weighted by molar-refractivity contribution is -0.123. The van der Waals surface area contributed by atoms with E-state index in [-0.39, 0.29) is 5.91 Å². The third-order valence-corrected chi connectivity index (χ3v) is 2.20. The quantitative estimate of drug-likeness (QED) is 0.574. The molecule has 1 aliphatic rings. The summed E-state index contributed by atoms with van der Waals surface area (Å²) in [4.78, 5) is 12.9. The molecule has 0 saturated carbocycles. The molecule has 0 aromatic carbocycles. The lowest BCUT2D eigenvalue weighted by Crippen LogP contribution is -2.24. The Bertz CT molecular complexity index is 218. The fraction of sp³-hybridized carbons (Fsp3) is 0.500. The predicted molar refractivity (Wildman–Crippen MR) is 49.5 cm³/mol. The molecule has 0 aromatic heterocycles. The molecule has 0 aliphatic heterocycles. The largest absolute Gasteiger partial charge is 0.316 e. The van der Waals surface area contributed by atoms with Gasteiger partial charge in [0.15, 0.2) is 0 Å². The Morgan fingerprint density at radius 3 is 2.92 bits per heavy atom. The first-order valence-electron chi connectivity index (χ1n) is 4.35. The number of carbonyl (C=O) groups is 1. The highest BCUT2D eigenvalue weighted by Crippen LogP contribution is 2.19. The fourth-order valence-corrected chi connectivity index (χ4v) is 1.40. The van der Waals surface area contributed by atoms with Gasteiger partial charge in [-0.2, -0.15) is 0 Å². The van der Waals surface area contributed by atoms with E-state index in [4.69, 9.17) is 0 Å². The number of carbonyl (C=O) groups excluding carboxylic acids is 1. The van der Waals surface area contributed by atoms with Gasteiger partial charge in [-0.3, -0.25) is 4.79 Å². The molecular weight excluding hydrogens is 150 g/mol. The van der Waals surface area contributed by atoms with Crippen LogP contribution in [0.3, 0.4) is 0 Å². The van der Waals surface area contributed by atoms with E-state index in [1.165, 1.54) is 18.9 Å². The van der Waals surface area contributed by atoms with E-state index in [2.05, 4.69) is 12.7 Å². The molecule has 1 amide bonds. The molecular formula is C10H15NO. The summed E-state index contributed by atoms with van der Waals surface area (Å²) in [5, 5.41) is 0. The van der Waals surface area contributed by atoms with Crippen LogP contribution in [0.2, 0.25) is 0 Å². The van der Waals surface area contributed by atoms with Gasteiger partial charge >= 0.3 is 0 Å². The van der Waals surface area contributed by atoms with Gasteiger partial charge in [-0.25, -0.2) is 0 Å². The van der Waals surface area contributed by atoms with Crippen LogP contribution in [0.5, 0.6) is 0 Å². The molecule has 2 nitrogen and oxygen atoms in total. The Kier molecular flexibility index (Phi) is 3.09. The molecule has 0 N–H and O–H groups in total. The number of rotatable bonds is 2. The number of hydrogen-bond donors (Lipinski definition) is 0. The van der Waals surface area contributed by atoms with Crippen LogP contribution < -0.4 is 0 Å². The molecule has 0 atom stereocenters. The van der Waals surface area contributed by atoms with Gasteiger partial charge in [0, 0.05) is 12.7 Å². The zero-order valence-corrected chi connectivity index (χ0v) is 7.55. The Balaban J connectivity index is 2.61. The number of hydrogen-bond acceptors (Lipinski definition) is 1. The van der Waals surface area contributed by atoms with Crippen molar-refractivity contribution in [2.45, 2.75) is 25.7 Å². The maximum absolute atomic E-state index is 11.2. The summed E-state index contributed by atoms with van der Waals surface area (Å²) in [6.07, 6.45) is 8.07. The van der Waals surface area contributed by atoms with Gasteiger partial charge in [0.25, 0.3) is 0 Å². The van der Waals surface area contributed by atoms with Crippen molar-refractivity contribution in [1.29, 1.82) is 0 Å². The highest BCUT2D eigenvalue weighted by molar-refractivity contribution is 5.88. The minimum atomic E-state index is -0.0110. The normalized spacial score (nSPS) is 16.6. The van der Waals surface area contributed by atoms with E-state index in [1.54, 1.807) is 11.9 Å². The first-order chi connectivity index (χ1) is 5.75. The molecule has 0 aromatic rings. The van der Waals surface area contributed by atoms with Gasteiger partial charge < -0.3 is 4.90 Å². The van der Waals surface area contributed by atoms with Crippen LogP contribution in [0.4, 0.5) is 0 Å². The van der Waals surface area contributed by atoms with Crippen molar-refractivity contribution >= 4 is 5.91 Å². The molecule has 1 rings (SSSR count). The second-order valence-corrected chi connectivity index (χ2v) is 3.04. The molecule has 2 heteroatoms. The maximum atomic E-state index is 11.2. The van der Waals surface area contributed by atoms with Crippen molar-refractivity contribution in [1.82, 2.24) is 4.90 Å². The highest BCUT2D eigenvalue weighted by atomic mass is 16.2. The third kappa shape index (κ3) is 1.97. The third-order valence-electron chi connectivity index (χ3n) is 2.20. The van der Waals surface area contributed by atoms with Crippen LogP contribution >= 0.6 is 0 Å². The van der Waals surface area contributed by atoms with E-state index < -0.39 is 0 Å². The minimum absolute atomic E-state index is 0.0110. The average molecular weight is 165 g/mol. The summed E-state index contributed by atoms with van der Waals surface area (Å²) in [6.45, 7) is 3.46. The zero-order chi connectivity index (χ0) is 8.97. The average Bonchev–Trinajstić information content (AvgIpc) is 2.17. The Labute approximate surface area is 73.6 Å². The molecule has 0 fully saturated rings. The summed E-state index contributed by atoms with van der Waals surface area (Å²) in [5.74, 6) is -0.0110. The van der Waals surface area contributed by atoms with E-state index >= 15 is 0 Å². The first kappa shape index (κ1) is 9.04. The molecule has 0 unspecified atom stereocenters. The molecule has 1 aliphatic carbocycles. The van der Waals surface area contributed by atoms with Crippen molar-refractivity contribution in [3.05, 3.63) is 24.4 Å². The van der Waals surface area contributed by atoms with E-state index in [9.17, 15) is 4.79 Å². The van der Waals surface area contributed by atoms with Gasteiger partial charge in [0.2, 0.25) is 5.91 Å². The SMILES string of the molecule is C=CC(=O)N(C)C1=CCCCC1. The topological polar surface area (TPSA) is 20.3 Å². The molecule has 0 bridgehead atoms. The van der Waals surface area contributed by atoms with Gasteiger partial charge in [0.05, 0.1) is 0 Å². The van der Waals surface area contributed by atoms with Crippen LogP contribution in [-0.2, 0) is 4.79 Å². The number of amides is 1. The summed E-state index contributed by atoms with van der Waals surface area (Å²) >= 11 is 0. The van der Waals surface area contributed by atoms with Crippen LogP contribution in [0.1, 0.15) is 25.7 Å². The van der Waals surface area contributed by atoms with E-state index in [0.717, 1.165) is 18.5 Å². The van der Waals surface area contributed by atoms with Gasteiger partial charge in [-0.15, -0.1) is 0 Å². The Morgan fingerprint density at radius 2 is 2.42 bits per heavy atom. The summed E-state index contributed by atoms with van der Waals surface area (Å²) in [7, 11) is 1.81.